The molecule has 1 aromatic carbocycles. The molecule has 0 aromatic heterocycles. The summed E-state index contributed by atoms with van der Waals surface area (Å²) in [4.78, 5) is 12.2. The molecule has 2 nitrogen and oxygen atoms in total. The maximum atomic E-state index is 13.0. The van der Waals surface area contributed by atoms with Gasteiger partial charge in [-0.3, -0.25) is 4.79 Å². The largest absolute Gasteiger partial charge is 0.352 e. The summed E-state index contributed by atoms with van der Waals surface area (Å²) in [5, 5.41) is 2.57. The van der Waals surface area contributed by atoms with Gasteiger partial charge < -0.3 is 5.32 Å². The minimum atomic E-state index is -0.884. The average Bonchev–Trinajstić information content (AvgIpc) is 3.07. The summed E-state index contributed by atoms with van der Waals surface area (Å²) >= 11 is 1.23. The Labute approximate surface area is 103 Å². The fraction of sp³-hybridized carbons (Fsp3) is 0.417. The predicted octanol–water partition coefficient (Wildman–Crippen LogP) is 2.72. The number of nitrogens with one attached hydrogen (secondary N) is 1. The fourth-order valence-electron chi connectivity index (χ4n) is 1.35. The van der Waals surface area contributed by atoms with E-state index < -0.39 is 11.6 Å². The van der Waals surface area contributed by atoms with Crippen LogP contribution in [0.15, 0.2) is 23.1 Å². The van der Waals surface area contributed by atoms with Gasteiger partial charge in [-0.25, -0.2) is 8.78 Å². The van der Waals surface area contributed by atoms with Gasteiger partial charge in [0.05, 0.1) is 5.25 Å². The minimum absolute atomic E-state index is 0.0535. The first-order chi connectivity index (χ1) is 8.06. The van der Waals surface area contributed by atoms with Gasteiger partial charge in [0, 0.05) is 10.9 Å². The van der Waals surface area contributed by atoms with Crippen LogP contribution < -0.4 is 5.32 Å². The van der Waals surface area contributed by atoms with Crippen LogP contribution >= 0.6 is 11.8 Å². The Kier molecular flexibility index (Phi) is 3.66. The van der Waals surface area contributed by atoms with Crippen LogP contribution in [0.4, 0.5) is 8.78 Å². The molecule has 92 valence electrons. The maximum Gasteiger partial charge on any atom is 0.233 e. The van der Waals surface area contributed by atoms with Crippen LogP contribution in [0.1, 0.15) is 19.8 Å². The van der Waals surface area contributed by atoms with Gasteiger partial charge in [0.1, 0.15) is 0 Å². The topological polar surface area (TPSA) is 29.1 Å². The molecule has 2 rings (SSSR count). The van der Waals surface area contributed by atoms with Crippen molar-refractivity contribution in [2.45, 2.75) is 36.0 Å². The molecule has 0 bridgehead atoms. The first kappa shape index (κ1) is 12.4. The second kappa shape index (κ2) is 5.04. The lowest BCUT2D eigenvalue weighted by Crippen LogP contribution is -2.32. The normalized spacial score (nSPS) is 16.6. The molecule has 1 atom stereocenters. The molecular weight excluding hydrogens is 244 g/mol. The van der Waals surface area contributed by atoms with E-state index in [-0.39, 0.29) is 11.2 Å². The van der Waals surface area contributed by atoms with Crippen molar-refractivity contribution in [3.8, 4) is 0 Å². The molecule has 0 saturated heterocycles. The van der Waals surface area contributed by atoms with Crippen molar-refractivity contribution in [3.05, 3.63) is 29.8 Å². The summed E-state index contributed by atoms with van der Waals surface area (Å²) < 4.78 is 25.7. The molecule has 1 aliphatic carbocycles. The lowest BCUT2D eigenvalue weighted by Gasteiger charge is -2.11. The Morgan fingerprint density at radius 1 is 1.41 bits per heavy atom. The third kappa shape index (κ3) is 3.43. The van der Waals surface area contributed by atoms with Gasteiger partial charge in [-0.1, -0.05) is 0 Å². The van der Waals surface area contributed by atoms with Crippen molar-refractivity contribution in [2.75, 3.05) is 0 Å². The molecule has 1 saturated carbocycles. The summed E-state index contributed by atoms with van der Waals surface area (Å²) in [6, 6.07) is 3.98. The molecule has 5 heteroatoms. The van der Waals surface area contributed by atoms with E-state index in [4.69, 9.17) is 0 Å². The van der Waals surface area contributed by atoms with Gasteiger partial charge in [0.25, 0.3) is 0 Å². The first-order valence-corrected chi connectivity index (χ1v) is 6.36. The average molecular weight is 257 g/mol. The van der Waals surface area contributed by atoms with Gasteiger partial charge >= 0.3 is 0 Å². The van der Waals surface area contributed by atoms with E-state index in [0.717, 1.165) is 25.0 Å². The van der Waals surface area contributed by atoms with Crippen molar-refractivity contribution in [1.82, 2.24) is 5.32 Å². The Morgan fingerprint density at radius 2 is 2.12 bits per heavy atom. The highest BCUT2D eigenvalue weighted by Gasteiger charge is 2.26. The van der Waals surface area contributed by atoms with Gasteiger partial charge in [-0.2, -0.15) is 0 Å². The van der Waals surface area contributed by atoms with Crippen LogP contribution in [0.3, 0.4) is 0 Å². The molecule has 1 aromatic rings. The highest BCUT2D eigenvalue weighted by molar-refractivity contribution is 8.00. The number of hydrogen-bond acceptors (Lipinski definition) is 2. The quantitative estimate of drug-likeness (QED) is 0.840. The van der Waals surface area contributed by atoms with Crippen LogP contribution in [-0.4, -0.2) is 17.2 Å². The highest BCUT2D eigenvalue weighted by Crippen LogP contribution is 2.26. The maximum absolute atomic E-state index is 13.0. The molecule has 0 spiro atoms. The number of halogens is 2. The summed E-state index contributed by atoms with van der Waals surface area (Å²) in [7, 11) is 0. The monoisotopic (exact) mass is 257 g/mol. The third-order valence-electron chi connectivity index (χ3n) is 2.50. The zero-order valence-electron chi connectivity index (χ0n) is 9.37. The van der Waals surface area contributed by atoms with E-state index in [2.05, 4.69) is 5.32 Å². The van der Waals surface area contributed by atoms with Crippen LogP contribution in [0.5, 0.6) is 0 Å². The number of thioether (sulfide) groups is 1. The molecule has 1 N–H and O–H groups in total. The van der Waals surface area contributed by atoms with Crippen molar-refractivity contribution in [1.29, 1.82) is 0 Å². The molecule has 1 amide bonds. The van der Waals surface area contributed by atoms with E-state index in [1.54, 1.807) is 6.92 Å². The van der Waals surface area contributed by atoms with E-state index in [9.17, 15) is 13.6 Å². The molecule has 0 aliphatic heterocycles. The Morgan fingerprint density at radius 3 is 2.71 bits per heavy atom. The molecule has 17 heavy (non-hydrogen) atoms. The number of benzene rings is 1. The Bertz CT molecular complexity index is 435. The number of carbonyl (C=O) groups excluding carboxylic acids is 1. The fourth-order valence-corrected chi connectivity index (χ4v) is 2.26. The van der Waals surface area contributed by atoms with E-state index in [0.29, 0.717) is 10.9 Å². The standard InChI is InChI=1S/C12H13F2NOS/c1-7(12(16)15-8-2-3-8)17-9-4-5-10(13)11(14)6-9/h4-8H,2-3H2,1H3,(H,15,16)/t7-/m1/s1. The smallest absolute Gasteiger partial charge is 0.233 e. The van der Waals surface area contributed by atoms with Crippen molar-refractivity contribution >= 4 is 17.7 Å². The molecular formula is C12H13F2NOS. The van der Waals surface area contributed by atoms with Gasteiger partial charge in [0.2, 0.25) is 5.91 Å². The summed E-state index contributed by atoms with van der Waals surface area (Å²) in [5.41, 5.74) is 0. The summed E-state index contributed by atoms with van der Waals surface area (Å²) in [5.74, 6) is -1.81. The van der Waals surface area contributed by atoms with Gasteiger partial charge in [-0.15, -0.1) is 11.8 Å². The lowest BCUT2D eigenvalue weighted by molar-refractivity contribution is -0.120. The summed E-state index contributed by atoms with van der Waals surface area (Å²) in [6.45, 7) is 1.75. The Balaban J connectivity index is 1.94. The highest BCUT2D eigenvalue weighted by atomic mass is 32.2. The minimum Gasteiger partial charge on any atom is -0.352 e. The van der Waals surface area contributed by atoms with Crippen LogP contribution in [0, 0.1) is 11.6 Å². The first-order valence-electron chi connectivity index (χ1n) is 5.48. The zero-order valence-corrected chi connectivity index (χ0v) is 10.2. The molecule has 0 heterocycles. The predicted molar refractivity (Wildman–Crippen MR) is 62.8 cm³/mol. The molecule has 0 radical (unpaired) electrons. The van der Waals surface area contributed by atoms with E-state index in [1.807, 2.05) is 0 Å². The van der Waals surface area contributed by atoms with Crippen LogP contribution in [0.2, 0.25) is 0 Å². The summed E-state index contributed by atoms with van der Waals surface area (Å²) in [6.07, 6.45) is 2.07. The molecule has 1 aliphatic rings. The molecule has 0 unspecified atom stereocenters. The van der Waals surface area contributed by atoms with Crippen molar-refractivity contribution < 1.29 is 13.6 Å². The van der Waals surface area contributed by atoms with E-state index in [1.165, 1.54) is 17.8 Å². The number of rotatable bonds is 4. The van der Waals surface area contributed by atoms with Crippen molar-refractivity contribution in [3.63, 3.8) is 0 Å². The zero-order chi connectivity index (χ0) is 12.4. The van der Waals surface area contributed by atoms with Crippen LogP contribution in [-0.2, 0) is 4.79 Å². The number of carbonyl (C=O) groups is 1. The Hall–Kier alpha value is -1.10. The third-order valence-corrected chi connectivity index (χ3v) is 3.59. The van der Waals surface area contributed by atoms with E-state index >= 15 is 0 Å². The van der Waals surface area contributed by atoms with Crippen LogP contribution in [0.25, 0.3) is 0 Å². The second-order valence-corrected chi connectivity index (χ2v) is 5.53. The SMILES string of the molecule is C[C@@H](Sc1ccc(F)c(F)c1)C(=O)NC1CC1. The lowest BCUT2D eigenvalue weighted by atomic mass is 10.3. The van der Waals surface area contributed by atoms with Gasteiger partial charge in [0.15, 0.2) is 11.6 Å². The number of hydrogen-bond donors (Lipinski definition) is 1. The van der Waals surface area contributed by atoms with Gasteiger partial charge in [-0.05, 0) is 38.0 Å². The number of amides is 1. The molecule has 1 fully saturated rings. The second-order valence-electron chi connectivity index (χ2n) is 4.12. The van der Waals surface area contributed by atoms with Crippen molar-refractivity contribution in [2.24, 2.45) is 0 Å².